The van der Waals surface area contributed by atoms with E-state index in [1.165, 1.54) is 0 Å². The molecule has 1 aliphatic rings. The molecule has 2 N–H and O–H groups in total. The van der Waals surface area contributed by atoms with Crippen LogP contribution >= 0.6 is 0 Å². The molecule has 1 saturated carbocycles. The predicted molar refractivity (Wildman–Crippen MR) is 62.7 cm³/mol. The molecule has 2 atom stereocenters. The summed E-state index contributed by atoms with van der Waals surface area (Å²) in [5.41, 5.74) is 5.43. The summed E-state index contributed by atoms with van der Waals surface area (Å²) in [6, 6.07) is 0.0684. The molecule has 0 spiro atoms. The Morgan fingerprint density at radius 3 is 2.41 bits per heavy atom. The summed E-state index contributed by atoms with van der Waals surface area (Å²) in [7, 11) is 0. The Morgan fingerprint density at radius 1 is 1.24 bits per heavy atom. The Balaban J connectivity index is 2.66. The Morgan fingerprint density at radius 2 is 1.88 bits per heavy atom. The summed E-state index contributed by atoms with van der Waals surface area (Å²) in [5.74, 6) is 0.401. The minimum atomic E-state index is -4.12. The third-order valence-electron chi connectivity index (χ3n) is 3.66. The molecule has 0 aliphatic heterocycles. The predicted octanol–water partition coefficient (Wildman–Crippen LogP) is 2.78. The van der Waals surface area contributed by atoms with Crippen molar-refractivity contribution in [2.24, 2.45) is 11.7 Å². The highest BCUT2D eigenvalue weighted by atomic mass is 19.4. The SMILES string of the molecule is CCC1CCCCC1N(CCN)CC(F)(F)F. The van der Waals surface area contributed by atoms with Crippen molar-refractivity contribution in [3.8, 4) is 0 Å². The van der Waals surface area contributed by atoms with Gasteiger partial charge in [0.05, 0.1) is 6.54 Å². The lowest BCUT2D eigenvalue weighted by molar-refractivity contribution is -0.154. The van der Waals surface area contributed by atoms with Crippen LogP contribution in [0.2, 0.25) is 0 Å². The largest absolute Gasteiger partial charge is 0.401 e. The third kappa shape index (κ3) is 4.84. The quantitative estimate of drug-likeness (QED) is 0.815. The van der Waals surface area contributed by atoms with Crippen molar-refractivity contribution in [2.45, 2.75) is 51.2 Å². The number of nitrogens with zero attached hydrogens (tertiary/aromatic N) is 1. The van der Waals surface area contributed by atoms with Crippen LogP contribution in [0.4, 0.5) is 13.2 Å². The lowest BCUT2D eigenvalue weighted by atomic mass is 9.82. The van der Waals surface area contributed by atoms with Crippen LogP contribution in [0.3, 0.4) is 0 Å². The monoisotopic (exact) mass is 252 g/mol. The zero-order chi connectivity index (χ0) is 12.9. The van der Waals surface area contributed by atoms with Gasteiger partial charge in [0.1, 0.15) is 0 Å². The Kier molecular flexibility index (Phi) is 5.73. The molecule has 0 amide bonds. The number of hydrogen-bond donors (Lipinski definition) is 1. The van der Waals surface area contributed by atoms with Crippen LogP contribution in [0.1, 0.15) is 39.0 Å². The molecule has 5 heteroatoms. The van der Waals surface area contributed by atoms with Gasteiger partial charge < -0.3 is 5.73 Å². The highest BCUT2D eigenvalue weighted by molar-refractivity contribution is 4.84. The normalized spacial score (nSPS) is 26.5. The lowest BCUT2D eigenvalue weighted by Crippen LogP contribution is -2.48. The molecule has 2 unspecified atom stereocenters. The van der Waals surface area contributed by atoms with E-state index in [9.17, 15) is 13.2 Å². The summed E-state index contributed by atoms with van der Waals surface area (Å²) in [4.78, 5) is 1.55. The molecule has 0 aromatic heterocycles. The molecule has 0 radical (unpaired) electrons. The zero-order valence-electron chi connectivity index (χ0n) is 10.5. The number of rotatable bonds is 5. The highest BCUT2D eigenvalue weighted by Crippen LogP contribution is 2.32. The summed E-state index contributed by atoms with van der Waals surface area (Å²) in [5, 5.41) is 0. The molecule has 1 fully saturated rings. The molecule has 2 nitrogen and oxygen atoms in total. The van der Waals surface area contributed by atoms with E-state index in [-0.39, 0.29) is 6.04 Å². The van der Waals surface area contributed by atoms with E-state index in [4.69, 9.17) is 5.73 Å². The topological polar surface area (TPSA) is 29.3 Å². The molecule has 0 heterocycles. The molecule has 0 aromatic carbocycles. The van der Waals surface area contributed by atoms with Gasteiger partial charge >= 0.3 is 6.18 Å². The average molecular weight is 252 g/mol. The van der Waals surface area contributed by atoms with E-state index >= 15 is 0 Å². The van der Waals surface area contributed by atoms with Gasteiger partial charge in [0, 0.05) is 19.1 Å². The molecule has 0 bridgehead atoms. The van der Waals surface area contributed by atoms with Gasteiger partial charge in [0.25, 0.3) is 0 Å². The van der Waals surface area contributed by atoms with Crippen molar-refractivity contribution >= 4 is 0 Å². The molecule has 17 heavy (non-hydrogen) atoms. The second-order valence-corrected chi connectivity index (χ2v) is 4.89. The van der Waals surface area contributed by atoms with E-state index in [0.29, 0.717) is 19.0 Å². The Bertz CT molecular complexity index is 218. The maximum absolute atomic E-state index is 12.5. The van der Waals surface area contributed by atoms with Crippen LogP contribution in [0.15, 0.2) is 0 Å². The number of alkyl halides is 3. The van der Waals surface area contributed by atoms with E-state index in [1.54, 1.807) is 4.90 Å². The average Bonchev–Trinajstić information content (AvgIpc) is 2.27. The second-order valence-electron chi connectivity index (χ2n) is 4.89. The molecular weight excluding hydrogens is 229 g/mol. The maximum Gasteiger partial charge on any atom is 0.401 e. The van der Waals surface area contributed by atoms with Crippen LogP contribution in [0.5, 0.6) is 0 Å². The summed E-state index contributed by atoms with van der Waals surface area (Å²) in [6.45, 7) is 1.90. The lowest BCUT2D eigenvalue weighted by Gasteiger charge is -2.40. The van der Waals surface area contributed by atoms with Gasteiger partial charge in [-0.25, -0.2) is 0 Å². The van der Waals surface area contributed by atoms with Crippen LogP contribution in [0, 0.1) is 5.92 Å². The molecule has 102 valence electrons. The summed E-state index contributed by atoms with van der Waals surface area (Å²) < 4.78 is 37.6. The third-order valence-corrected chi connectivity index (χ3v) is 3.66. The highest BCUT2D eigenvalue weighted by Gasteiger charge is 2.36. The number of halogens is 3. The molecular formula is C12H23F3N2. The molecule has 0 aromatic rings. The van der Waals surface area contributed by atoms with E-state index in [2.05, 4.69) is 6.92 Å². The molecule has 0 saturated heterocycles. The number of hydrogen-bond acceptors (Lipinski definition) is 2. The van der Waals surface area contributed by atoms with Gasteiger partial charge in [0.2, 0.25) is 0 Å². The van der Waals surface area contributed by atoms with Crippen LogP contribution in [-0.4, -0.2) is 36.8 Å². The van der Waals surface area contributed by atoms with Crippen molar-refractivity contribution in [3.63, 3.8) is 0 Å². The van der Waals surface area contributed by atoms with Crippen LogP contribution in [-0.2, 0) is 0 Å². The standard InChI is InChI=1S/C12H23F3N2/c1-2-10-5-3-4-6-11(10)17(8-7-16)9-12(13,14)15/h10-11H,2-9,16H2,1H3. The fraction of sp³-hybridized carbons (Fsp3) is 1.00. The summed E-state index contributed by atoms with van der Waals surface area (Å²) in [6.07, 6.45) is 0.973. The van der Waals surface area contributed by atoms with Crippen molar-refractivity contribution in [1.29, 1.82) is 0 Å². The fourth-order valence-electron chi connectivity index (χ4n) is 2.90. The van der Waals surface area contributed by atoms with Crippen LogP contribution in [0.25, 0.3) is 0 Å². The maximum atomic E-state index is 12.5. The second kappa shape index (κ2) is 6.59. The minimum absolute atomic E-state index is 0.0684. The number of nitrogens with two attached hydrogens (primary N) is 1. The van der Waals surface area contributed by atoms with Crippen molar-refractivity contribution < 1.29 is 13.2 Å². The van der Waals surface area contributed by atoms with Crippen molar-refractivity contribution in [1.82, 2.24) is 4.90 Å². The van der Waals surface area contributed by atoms with E-state index < -0.39 is 12.7 Å². The van der Waals surface area contributed by atoms with Gasteiger partial charge in [-0.1, -0.05) is 26.2 Å². The smallest absolute Gasteiger partial charge is 0.329 e. The first-order chi connectivity index (χ1) is 7.98. The fourth-order valence-corrected chi connectivity index (χ4v) is 2.90. The van der Waals surface area contributed by atoms with Gasteiger partial charge in [-0.05, 0) is 18.8 Å². The van der Waals surface area contributed by atoms with Gasteiger partial charge in [-0.2, -0.15) is 13.2 Å². The first-order valence-corrected chi connectivity index (χ1v) is 6.48. The van der Waals surface area contributed by atoms with Crippen LogP contribution < -0.4 is 5.73 Å². The Labute approximate surface area is 101 Å². The first-order valence-electron chi connectivity index (χ1n) is 6.48. The molecule has 1 rings (SSSR count). The van der Waals surface area contributed by atoms with Crippen molar-refractivity contribution in [2.75, 3.05) is 19.6 Å². The van der Waals surface area contributed by atoms with E-state index in [1.807, 2.05) is 0 Å². The summed E-state index contributed by atoms with van der Waals surface area (Å²) >= 11 is 0. The van der Waals surface area contributed by atoms with E-state index in [0.717, 1.165) is 32.1 Å². The van der Waals surface area contributed by atoms with Gasteiger partial charge in [-0.15, -0.1) is 0 Å². The van der Waals surface area contributed by atoms with Crippen molar-refractivity contribution in [3.05, 3.63) is 0 Å². The Hall–Kier alpha value is -0.290. The minimum Gasteiger partial charge on any atom is -0.329 e. The molecule has 1 aliphatic carbocycles. The van der Waals surface area contributed by atoms with Gasteiger partial charge in [-0.3, -0.25) is 4.90 Å². The van der Waals surface area contributed by atoms with Gasteiger partial charge in [0.15, 0.2) is 0 Å². The first kappa shape index (κ1) is 14.8. The zero-order valence-corrected chi connectivity index (χ0v) is 10.5.